The lowest BCUT2D eigenvalue weighted by atomic mass is 10.2. The molecule has 1 rings (SSSR count). The van der Waals surface area contributed by atoms with Crippen LogP contribution in [0.4, 0.5) is 5.82 Å². The van der Waals surface area contributed by atoms with Crippen LogP contribution in [-0.4, -0.2) is 28.5 Å². The molecule has 1 aromatic heterocycles. The van der Waals surface area contributed by atoms with Gasteiger partial charge in [-0.15, -0.1) is 0 Å². The fourth-order valence-electron chi connectivity index (χ4n) is 1.52. The lowest BCUT2D eigenvalue weighted by Crippen LogP contribution is -2.14. The van der Waals surface area contributed by atoms with E-state index in [1.54, 1.807) is 0 Å². The van der Waals surface area contributed by atoms with Crippen LogP contribution in [0.3, 0.4) is 0 Å². The number of hydrogen-bond donors (Lipinski definition) is 1. The van der Waals surface area contributed by atoms with Crippen LogP contribution in [0.1, 0.15) is 25.4 Å². The highest BCUT2D eigenvalue weighted by Crippen LogP contribution is 2.10. The summed E-state index contributed by atoms with van der Waals surface area (Å²) in [4.78, 5) is 8.75. The van der Waals surface area contributed by atoms with Crippen molar-refractivity contribution in [2.75, 3.05) is 23.9 Å². The molecule has 0 aromatic carbocycles. The van der Waals surface area contributed by atoms with Crippen molar-refractivity contribution in [3.63, 3.8) is 0 Å². The van der Waals surface area contributed by atoms with Crippen molar-refractivity contribution in [3.8, 4) is 0 Å². The highest BCUT2D eigenvalue weighted by atomic mass is 32.2. The summed E-state index contributed by atoms with van der Waals surface area (Å²) >= 11 is 1.88. The Labute approximate surface area is 102 Å². The maximum absolute atomic E-state index is 4.38. The molecule has 1 atom stereocenters. The fraction of sp³-hybridized carbons (Fsp3) is 0.667. The number of hydrogen-bond acceptors (Lipinski definition) is 4. The van der Waals surface area contributed by atoms with Crippen molar-refractivity contribution >= 4 is 17.6 Å². The van der Waals surface area contributed by atoms with Gasteiger partial charge in [-0.2, -0.15) is 11.8 Å². The molecule has 0 fully saturated rings. The van der Waals surface area contributed by atoms with Crippen LogP contribution in [0.2, 0.25) is 0 Å². The number of rotatable bonds is 6. The number of aryl methyl sites for hydroxylation is 2. The van der Waals surface area contributed by atoms with Crippen molar-refractivity contribution in [3.05, 3.63) is 17.6 Å². The van der Waals surface area contributed by atoms with Crippen molar-refractivity contribution < 1.29 is 0 Å². The molecule has 1 heterocycles. The van der Waals surface area contributed by atoms with E-state index in [-0.39, 0.29) is 0 Å². The highest BCUT2D eigenvalue weighted by Gasteiger charge is 2.03. The van der Waals surface area contributed by atoms with Gasteiger partial charge in [0, 0.05) is 18.3 Å². The fourth-order valence-corrected chi connectivity index (χ4v) is 2.21. The Morgan fingerprint density at radius 2 is 2.19 bits per heavy atom. The number of aromatic nitrogens is 2. The average Bonchev–Trinajstić information content (AvgIpc) is 2.26. The van der Waals surface area contributed by atoms with Gasteiger partial charge >= 0.3 is 0 Å². The first kappa shape index (κ1) is 13.3. The quantitative estimate of drug-likeness (QED) is 0.828. The zero-order chi connectivity index (χ0) is 12.0. The largest absolute Gasteiger partial charge is 0.370 e. The minimum Gasteiger partial charge on any atom is -0.370 e. The smallest absolute Gasteiger partial charge is 0.129 e. The highest BCUT2D eigenvalue weighted by molar-refractivity contribution is 7.98. The summed E-state index contributed by atoms with van der Waals surface area (Å²) in [5.41, 5.74) is 1.10. The van der Waals surface area contributed by atoms with E-state index < -0.39 is 0 Å². The second kappa shape index (κ2) is 6.74. The van der Waals surface area contributed by atoms with Crippen LogP contribution < -0.4 is 5.32 Å². The molecule has 0 aliphatic heterocycles. The minimum atomic E-state index is 0.662. The zero-order valence-corrected chi connectivity index (χ0v) is 11.4. The Kier molecular flexibility index (Phi) is 5.60. The first-order valence-corrected chi connectivity index (χ1v) is 7.12. The Morgan fingerprint density at radius 3 is 2.81 bits per heavy atom. The molecule has 0 radical (unpaired) electrons. The SMILES string of the molecule is CCc1cc(NCC(C)CSC)nc(C)n1. The zero-order valence-electron chi connectivity index (χ0n) is 10.6. The topological polar surface area (TPSA) is 37.8 Å². The Balaban J connectivity index is 2.56. The van der Waals surface area contributed by atoms with E-state index in [0.717, 1.165) is 30.3 Å². The molecule has 3 nitrogen and oxygen atoms in total. The summed E-state index contributed by atoms with van der Waals surface area (Å²) in [6.07, 6.45) is 3.10. The van der Waals surface area contributed by atoms with E-state index in [1.165, 1.54) is 5.75 Å². The van der Waals surface area contributed by atoms with Gasteiger partial charge in [0.25, 0.3) is 0 Å². The van der Waals surface area contributed by atoms with Gasteiger partial charge < -0.3 is 5.32 Å². The van der Waals surface area contributed by atoms with Gasteiger partial charge in [0.1, 0.15) is 11.6 Å². The van der Waals surface area contributed by atoms with Crippen molar-refractivity contribution in [1.29, 1.82) is 0 Å². The molecular weight excluding hydrogens is 218 g/mol. The number of nitrogens with one attached hydrogen (secondary N) is 1. The number of thioether (sulfide) groups is 1. The molecular formula is C12H21N3S. The Hall–Kier alpha value is -0.770. The molecule has 0 bridgehead atoms. The third-order valence-electron chi connectivity index (χ3n) is 2.34. The third kappa shape index (κ3) is 4.39. The molecule has 0 aliphatic carbocycles. The van der Waals surface area contributed by atoms with E-state index in [1.807, 2.05) is 24.8 Å². The average molecular weight is 239 g/mol. The van der Waals surface area contributed by atoms with E-state index in [0.29, 0.717) is 5.92 Å². The van der Waals surface area contributed by atoms with E-state index >= 15 is 0 Å². The van der Waals surface area contributed by atoms with Gasteiger partial charge in [-0.3, -0.25) is 0 Å². The monoisotopic (exact) mass is 239 g/mol. The number of anilines is 1. The van der Waals surface area contributed by atoms with Gasteiger partial charge in [-0.25, -0.2) is 9.97 Å². The van der Waals surface area contributed by atoms with Crippen molar-refractivity contribution in [2.45, 2.75) is 27.2 Å². The second-order valence-electron chi connectivity index (χ2n) is 4.09. The lowest BCUT2D eigenvalue weighted by Gasteiger charge is -2.12. The van der Waals surface area contributed by atoms with Crippen LogP contribution in [-0.2, 0) is 6.42 Å². The maximum Gasteiger partial charge on any atom is 0.129 e. The third-order valence-corrected chi connectivity index (χ3v) is 3.24. The molecule has 90 valence electrons. The molecule has 0 saturated carbocycles. The molecule has 16 heavy (non-hydrogen) atoms. The molecule has 0 amide bonds. The standard InChI is InChI=1S/C12H21N3S/c1-5-11-6-12(15-10(3)14-11)13-7-9(2)8-16-4/h6,9H,5,7-8H2,1-4H3,(H,13,14,15). The number of nitrogens with zero attached hydrogens (tertiary/aromatic N) is 2. The summed E-state index contributed by atoms with van der Waals surface area (Å²) in [6.45, 7) is 7.27. The van der Waals surface area contributed by atoms with Gasteiger partial charge in [-0.1, -0.05) is 13.8 Å². The summed E-state index contributed by atoms with van der Waals surface area (Å²) < 4.78 is 0. The minimum absolute atomic E-state index is 0.662. The van der Waals surface area contributed by atoms with Gasteiger partial charge in [-0.05, 0) is 31.3 Å². The first-order valence-electron chi connectivity index (χ1n) is 5.73. The Bertz CT molecular complexity index is 328. The summed E-state index contributed by atoms with van der Waals surface area (Å²) in [5.74, 6) is 3.64. The van der Waals surface area contributed by atoms with Crippen LogP contribution in [0, 0.1) is 12.8 Å². The first-order chi connectivity index (χ1) is 7.65. The summed E-state index contributed by atoms with van der Waals surface area (Å²) in [7, 11) is 0. The van der Waals surface area contributed by atoms with Crippen LogP contribution in [0.15, 0.2) is 6.07 Å². The predicted molar refractivity (Wildman–Crippen MR) is 72.2 cm³/mol. The van der Waals surface area contributed by atoms with E-state index in [9.17, 15) is 0 Å². The van der Waals surface area contributed by atoms with Crippen LogP contribution >= 0.6 is 11.8 Å². The van der Waals surface area contributed by atoms with E-state index in [4.69, 9.17) is 0 Å². The van der Waals surface area contributed by atoms with Gasteiger partial charge in [0.15, 0.2) is 0 Å². The van der Waals surface area contributed by atoms with Crippen molar-refractivity contribution in [1.82, 2.24) is 9.97 Å². The van der Waals surface area contributed by atoms with Gasteiger partial charge in [0.2, 0.25) is 0 Å². The lowest BCUT2D eigenvalue weighted by molar-refractivity contribution is 0.698. The Morgan fingerprint density at radius 1 is 1.44 bits per heavy atom. The molecule has 0 aliphatic rings. The van der Waals surface area contributed by atoms with Crippen molar-refractivity contribution in [2.24, 2.45) is 5.92 Å². The van der Waals surface area contributed by atoms with Gasteiger partial charge in [0.05, 0.1) is 0 Å². The molecule has 1 unspecified atom stereocenters. The molecule has 4 heteroatoms. The summed E-state index contributed by atoms with van der Waals surface area (Å²) in [5, 5.41) is 3.38. The maximum atomic E-state index is 4.38. The predicted octanol–water partition coefficient (Wildman–Crippen LogP) is 2.76. The normalized spacial score (nSPS) is 12.5. The van der Waals surface area contributed by atoms with Crippen LogP contribution in [0.5, 0.6) is 0 Å². The molecule has 0 spiro atoms. The molecule has 1 N–H and O–H groups in total. The second-order valence-corrected chi connectivity index (χ2v) is 5.00. The van der Waals surface area contributed by atoms with E-state index in [2.05, 4.69) is 35.4 Å². The van der Waals surface area contributed by atoms with Crippen LogP contribution in [0.25, 0.3) is 0 Å². The molecule has 1 aromatic rings. The molecule has 0 saturated heterocycles. The summed E-state index contributed by atoms with van der Waals surface area (Å²) in [6, 6.07) is 2.04.